The summed E-state index contributed by atoms with van der Waals surface area (Å²) in [5.74, 6) is 1.17. The lowest BCUT2D eigenvalue weighted by molar-refractivity contribution is -0.00883. The van der Waals surface area contributed by atoms with Crippen LogP contribution < -0.4 is 11.5 Å². The van der Waals surface area contributed by atoms with E-state index >= 15 is 0 Å². The lowest BCUT2D eigenvalue weighted by Gasteiger charge is -2.21. The average Bonchev–Trinajstić information content (AvgIpc) is 3.26. The summed E-state index contributed by atoms with van der Waals surface area (Å²) >= 11 is 0. The molecule has 2 aliphatic heterocycles. The maximum atomic E-state index is 6.27. The zero-order chi connectivity index (χ0) is 15.8. The van der Waals surface area contributed by atoms with Gasteiger partial charge in [-0.15, -0.1) is 0 Å². The lowest BCUT2D eigenvalue weighted by Crippen LogP contribution is -2.31. The van der Waals surface area contributed by atoms with Crippen molar-refractivity contribution in [2.45, 2.75) is 31.6 Å². The number of likely N-dealkylation sites (tertiary alicyclic amines) is 1. The molecule has 23 heavy (non-hydrogen) atoms. The van der Waals surface area contributed by atoms with Crippen LogP contribution in [0.3, 0.4) is 0 Å². The van der Waals surface area contributed by atoms with Crippen molar-refractivity contribution in [3.05, 3.63) is 18.6 Å². The number of rotatable bonds is 4. The highest BCUT2D eigenvalue weighted by Gasteiger charge is 2.31. The largest absolute Gasteiger partial charge is 0.383 e. The Labute approximate surface area is 135 Å². The minimum Gasteiger partial charge on any atom is -0.383 e. The quantitative estimate of drug-likeness (QED) is 0.873. The highest BCUT2D eigenvalue weighted by molar-refractivity contribution is 5.86. The van der Waals surface area contributed by atoms with E-state index in [9.17, 15) is 0 Å². The van der Waals surface area contributed by atoms with E-state index in [1.807, 2.05) is 12.3 Å². The van der Waals surface area contributed by atoms with Gasteiger partial charge in [0.05, 0.1) is 11.5 Å². The van der Waals surface area contributed by atoms with Gasteiger partial charge in [0.15, 0.2) is 0 Å². The zero-order valence-corrected chi connectivity index (χ0v) is 13.3. The predicted molar refractivity (Wildman–Crippen MR) is 88.7 cm³/mol. The van der Waals surface area contributed by atoms with Crippen molar-refractivity contribution in [2.24, 2.45) is 11.7 Å². The summed E-state index contributed by atoms with van der Waals surface area (Å²) in [6, 6.07) is 1.97. The van der Waals surface area contributed by atoms with Crippen LogP contribution >= 0.6 is 0 Å². The maximum absolute atomic E-state index is 6.27. The molecule has 0 spiro atoms. The molecular weight excluding hydrogens is 292 g/mol. The van der Waals surface area contributed by atoms with E-state index in [2.05, 4.69) is 19.4 Å². The third kappa shape index (κ3) is 2.80. The molecule has 0 bridgehead atoms. The van der Waals surface area contributed by atoms with Gasteiger partial charge in [0.2, 0.25) is 0 Å². The Morgan fingerprint density at radius 3 is 3.00 bits per heavy atom. The standard InChI is InChI=1S/C16H24N6O/c17-7-11-3-5-21(8-11)9-12-1-2-14(23-12)22-6-4-13-15(18)19-10-20-16(13)22/h4,6,10-12,14H,1-3,5,7-9,17H2,(H2,18,19,20). The van der Waals surface area contributed by atoms with Crippen molar-refractivity contribution in [2.75, 3.05) is 31.9 Å². The van der Waals surface area contributed by atoms with E-state index in [1.54, 1.807) is 0 Å². The summed E-state index contributed by atoms with van der Waals surface area (Å²) in [6.07, 6.45) is 7.14. The fourth-order valence-corrected chi connectivity index (χ4v) is 3.81. The lowest BCUT2D eigenvalue weighted by atomic mass is 10.1. The Hall–Kier alpha value is -1.70. The molecule has 0 saturated carbocycles. The molecule has 124 valence electrons. The minimum atomic E-state index is 0.0414. The zero-order valence-electron chi connectivity index (χ0n) is 13.3. The smallest absolute Gasteiger partial charge is 0.147 e. The monoisotopic (exact) mass is 316 g/mol. The SMILES string of the molecule is NCC1CCN(CC2CCC(n3ccc4c(N)ncnc43)O2)C1. The van der Waals surface area contributed by atoms with E-state index < -0.39 is 0 Å². The van der Waals surface area contributed by atoms with Gasteiger partial charge in [0.1, 0.15) is 24.0 Å². The summed E-state index contributed by atoms with van der Waals surface area (Å²) in [5.41, 5.74) is 12.5. The molecule has 2 aliphatic rings. The second kappa shape index (κ2) is 6.07. The molecule has 2 fully saturated rings. The van der Waals surface area contributed by atoms with Crippen LogP contribution in [0.25, 0.3) is 11.0 Å². The second-order valence-corrected chi connectivity index (χ2v) is 6.66. The molecule has 2 aromatic heterocycles. The normalized spacial score (nSPS) is 28.8. The van der Waals surface area contributed by atoms with Crippen LogP contribution in [-0.2, 0) is 4.74 Å². The first-order valence-electron chi connectivity index (χ1n) is 8.39. The van der Waals surface area contributed by atoms with Crippen LogP contribution in [0.2, 0.25) is 0 Å². The Kier molecular flexibility index (Phi) is 3.92. The van der Waals surface area contributed by atoms with Crippen LogP contribution in [0, 0.1) is 5.92 Å². The predicted octanol–water partition coefficient (Wildman–Crippen LogP) is 0.972. The topological polar surface area (TPSA) is 95.2 Å². The van der Waals surface area contributed by atoms with Gasteiger partial charge in [-0.05, 0) is 44.3 Å². The Morgan fingerprint density at radius 2 is 2.17 bits per heavy atom. The van der Waals surface area contributed by atoms with Crippen LogP contribution in [0.1, 0.15) is 25.5 Å². The molecule has 0 aromatic carbocycles. The van der Waals surface area contributed by atoms with Gasteiger partial charge in [-0.2, -0.15) is 0 Å². The molecular formula is C16H24N6O. The number of fused-ring (bicyclic) bond motifs is 1. The maximum Gasteiger partial charge on any atom is 0.147 e. The molecule has 3 unspecified atom stereocenters. The third-order valence-corrected chi connectivity index (χ3v) is 5.10. The van der Waals surface area contributed by atoms with Crippen molar-refractivity contribution in [3.8, 4) is 0 Å². The van der Waals surface area contributed by atoms with Crippen molar-refractivity contribution >= 4 is 16.9 Å². The molecule has 0 aliphatic carbocycles. The Balaban J connectivity index is 1.43. The summed E-state index contributed by atoms with van der Waals surface area (Å²) in [5, 5.41) is 0.893. The number of anilines is 1. The molecule has 7 nitrogen and oxygen atoms in total. The van der Waals surface area contributed by atoms with Crippen molar-refractivity contribution in [1.82, 2.24) is 19.4 Å². The first-order valence-corrected chi connectivity index (χ1v) is 8.39. The van der Waals surface area contributed by atoms with Crippen molar-refractivity contribution < 1.29 is 4.74 Å². The third-order valence-electron chi connectivity index (χ3n) is 5.10. The van der Waals surface area contributed by atoms with E-state index in [4.69, 9.17) is 16.2 Å². The first-order chi connectivity index (χ1) is 11.2. The highest BCUT2D eigenvalue weighted by atomic mass is 16.5. The van der Waals surface area contributed by atoms with Crippen LogP contribution in [0.4, 0.5) is 5.82 Å². The van der Waals surface area contributed by atoms with Gasteiger partial charge in [-0.1, -0.05) is 0 Å². The molecule has 2 saturated heterocycles. The summed E-state index contributed by atoms with van der Waals surface area (Å²) in [4.78, 5) is 10.9. The fraction of sp³-hybridized carbons (Fsp3) is 0.625. The molecule has 0 amide bonds. The number of nitrogens with zero attached hydrogens (tertiary/aromatic N) is 4. The molecule has 4 heterocycles. The molecule has 7 heteroatoms. The molecule has 3 atom stereocenters. The number of nitrogens with two attached hydrogens (primary N) is 2. The minimum absolute atomic E-state index is 0.0414. The number of hydrogen-bond donors (Lipinski definition) is 2. The van der Waals surface area contributed by atoms with Crippen LogP contribution in [0.5, 0.6) is 0 Å². The van der Waals surface area contributed by atoms with Crippen molar-refractivity contribution in [1.29, 1.82) is 0 Å². The van der Waals surface area contributed by atoms with Gasteiger partial charge >= 0.3 is 0 Å². The number of hydrogen-bond acceptors (Lipinski definition) is 6. The summed E-state index contributed by atoms with van der Waals surface area (Å²) in [6.45, 7) is 4.05. The fourth-order valence-electron chi connectivity index (χ4n) is 3.81. The highest BCUT2D eigenvalue weighted by Crippen LogP contribution is 2.32. The molecule has 4 N–H and O–H groups in total. The summed E-state index contributed by atoms with van der Waals surface area (Å²) < 4.78 is 8.36. The van der Waals surface area contributed by atoms with Gasteiger partial charge in [-0.25, -0.2) is 9.97 Å². The number of ether oxygens (including phenoxy) is 1. The first kappa shape index (κ1) is 14.9. The number of nitrogen functional groups attached to an aromatic ring is 1. The van der Waals surface area contributed by atoms with Crippen LogP contribution in [-0.4, -0.2) is 51.7 Å². The summed E-state index contributed by atoms with van der Waals surface area (Å²) in [7, 11) is 0. The number of aromatic nitrogens is 3. The molecule has 0 radical (unpaired) electrons. The second-order valence-electron chi connectivity index (χ2n) is 6.66. The molecule has 4 rings (SSSR count). The van der Waals surface area contributed by atoms with E-state index in [0.29, 0.717) is 11.7 Å². The Morgan fingerprint density at radius 1 is 1.26 bits per heavy atom. The molecule has 2 aromatic rings. The van der Waals surface area contributed by atoms with Gasteiger partial charge in [0.25, 0.3) is 0 Å². The van der Waals surface area contributed by atoms with Crippen LogP contribution in [0.15, 0.2) is 18.6 Å². The van der Waals surface area contributed by atoms with E-state index in [-0.39, 0.29) is 12.3 Å². The Bertz CT molecular complexity index is 686. The van der Waals surface area contributed by atoms with Gasteiger partial charge in [-0.3, -0.25) is 0 Å². The van der Waals surface area contributed by atoms with Gasteiger partial charge < -0.3 is 25.7 Å². The average molecular weight is 316 g/mol. The van der Waals surface area contributed by atoms with E-state index in [0.717, 1.165) is 50.1 Å². The van der Waals surface area contributed by atoms with Gasteiger partial charge in [0, 0.05) is 19.3 Å². The van der Waals surface area contributed by atoms with E-state index in [1.165, 1.54) is 12.7 Å². The van der Waals surface area contributed by atoms with Crippen molar-refractivity contribution in [3.63, 3.8) is 0 Å².